The number of hydrogen-bond donors (Lipinski definition) is 2. The van der Waals surface area contributed by atoms with Crippen LogP contribution >= 0.6 is 0 Å². The van der Waals surface area contributed by atoms with Crippen molar-refractivity contribution in [2.75, 3.05) is 18.9 Å². The molecule has 1 aromatic rings. The van der Waals surface area contributed by atoms with E-state index in [0.29, 0.717) is 11.5 Å². The first-order valence-electron chi connectivity index (χ1n) is 6.57. The molecule has 0 saturated heterocycles. The van der Waals surface area contributed by atoms with Gasteiger partial charge in [-0.2, -0.15) is 0 Å². The lowest BCUT2D eigenvalue weighted by molar-refractivity contribution is 0.0946. The van der Waals surface area contributed by atoms with Gasteiger partial charge in [-0.3, -0.25) is 4.79 Å². The normalized spacial score (nSPS) is 15.6. The van der Waals surface area contributed by atoms with Crippen LogP contribution in [0.15, 0.2) is 12.4 Å². The summed E-state index contributed by atoms with van der Waals surface area (Å²) in [4.78, 5) is 19.9. The smallest absolute Gasteiger partial charge is 0.271 e. The van der Waals surface area contributed by atoms with Crippen molar-refractivity contribution in [1.82, 2.24) is 15.3 Å². The van der Waals surface area contributed by atoms with Crippen molar-refractivity contribution < 1.29 is 4.79 Å². The number of rotatable bonds is 5. The van der Waals surface area contributed by atoms with Gasteiger partial charge in [0, 0.05) is 13.6 Å². The Morgan fingerprint density at radius 3 is 2.72 bits per heavy atom. The fourth-order valence-corrected chi connectivity index (χ4v) is 2.35. The molecule has 1 saturated carbocycles. The average Bonchev–Trinajstić information content (AvgIpc) is 2.92. The summed E-state index contributed by atoms with van der Waals surface area (Å²) in [6, 6.07) is 0. The summed E-state index contributed by atoms with van der Waals surface area (Å²) in [6.07, 6.45) is 9.45. The van der Waals surface area contributed by atoms with Gasteiger partial charge < -0.3 is 10.6 Å². The fraction of sp³-hybridized carbons (Fsp3) is 0.615. The molecule has 1 heterocycles. The predicted molar refractivity (Wildman–Crippen MR) is 70.5 cm³/mol. The largest absolute Gasteiger partial charge is 0.372 e. The van der Waals surface area contributed by atoms with Crippen molar-refractivity contribution in [2.45, 2.75) is 32.1 Å². The number of carbonyl (C=O) groups is 1. The molecule has 0 radical (unpaired) electrons. The first-order valence-corrected chi connectivity index (χ1v) is 6.57. The van der Waals surface area contributed by atoms with Gasteiger partial charge in [0.05, 0.1) is 12.4 Å². The van der Waals surface area contributed by atoms with Gasteiger partial charge in [0.15, 0.2) is 0 Å². The Bertz CT molecular complexity index is 384. The van der Waals surface area contributed by atoms with Crippen molar-refractivity contribution in [1.29, 1.82) is 0 Å². The lowest BCUT2D eigenvalue weighted by Crippen LogP contribution is -2.26. The second-order valence-corrected chi connectivity index (χ2v) is 4.73. The number of carbonyl (C=O) groups excluding carboxylic acids is 1. The Balaban J connectivity index is 1.76. The van der Waals surface area contributed by atoms with Crippen LogP contribution in [0.4, 0.5) is 5.82 Å². The molecule has 1 aliphatic carbocycles. The minimum atomic E-state index is -0.136. The quantitative estimate of drug-likeness (QED) is 0.834. The summed E-state index contributed by atoms with van der Waals surface area (Å²) in [5, 5.41) is 5.77. The predicted octanol–water partition coefficient (Wildman–Crippen LogP) is 1.83. The van der Waals surface area contributed by atoms with E-state index in [-0.39, 0.29) is 5.91 Å². The van der Waals surface area contributed by atoms with E-state index in [0.717, 1.165) is 18.9 Å². The van der Waals surface area contributed by atoms with Crippen LogP contribution in [0.1, 0.15) is 42.6 Å². The van der Waals surface area contributed by atoms with E-state index in [2.05, 4.69) is 20.6 Å². The zero-order valence-electron chi connectivity index (χ0n) is 10.8. The zero-order chi connectivity index (χ0) is 12.8. The van der Waals surface area contributed by atoms with E-state index in [1.165, 1.54) is 31.9 Å². The van der Waals surface area contributed by atoms with Crippen LogP contribution < -0.4 is 10.6 Å². The minimum absolute atomic E-state index is 0.136. The van der Waals surface area contributed by atoms with Crippen LogP contribution in [0.2, 0.25) is 0 Å². The zero-order valence-corrected chi connectivity index (χ0v) is 10.8. The summed E-state index contributed by atoms with van der Waals surface area (Å²) in [7, 11) is 1.77. The summed E-state index contributed by atoms with van der Waals surface area (Å²) >= 11 is 0. The molecular formula is C13H20N4O. The van der Waals surface area contributed by atoms with Crippen LogP contribution in [-0.2, 0) is 0 Å². The molecule has 1 aromatic heterocycles. The van der Waals surface area contributed by atoms with Crippen molar-refractivity contribution in [3.8, 4) is 0 Å². The third kappa shape index (κ3) is 3.42. The molecule has 98 valence electrons. The molecule has 0 aromatic carbocycles. The second-order valence-electron chi connectivity index (χ2n) is 4.73. The number of hydrogen-bond acceptors (Lipinski definition) is 4. The fourth-order valence-electron chi connectivity index (χ4n) is 2.35. The molecule has 0 bridgehead atoms. The van der Waals surface area contributed by atoms with Crippen LogP contribution in [-0.4, -0.2) is 29.5 Å². The molecule has 0 unspecified atom stereocenters. The van der Waals surface area contributed by atoms with E-state index < -0.39 is 0 Å². The Morgan fingerprint density at radius 1 is 1.33 bits per heavy atom. The summed E-state index contributed by atoms with van der Waals surface area (Å²) in [5.41, 5.74) is 0.375. The summed E-state index contributed by atoms with van der Waals surface area (Å²) < 4.78 is 0. The van der Waals surface area contributed by atoms with Crippen molar-refractivity contribution in [3.05, 3.63) is 18.1 Å². The minimum Gasteiger partial charge on any atom is -0.372 e. The Hall–Kier alpha value is -1.65. The Morgan fingerprint density at radius 2 is 2.11 bits per heavy atom. The highest BCUT2D eigenvalue weighted by molar-refractivity contribution is 5.91. The molecule has 5 heteroatoms. The average molecular weight is 248 g/mol. The van der Waals surface area contributed by atoms with Gasteiger partial charge in [-0.05, 0) is 12.3 Å². The number of nitrogens with one attached hydrogen (secondary N) is 2. The molecule has 0 atom stereocenters. The highest BCUT2D eigenvalue weighted by atomic mass is 16.1. The molecule has 1 fully saturated rings. The van der Waals surface area contributed by atoms with E-state index in [1.807, 2.05) is 0 Å². The first-order chi connectivity index (χ1) is 8.79. The molecular weight excluding hydrogens is 228 g/mol. The van der Waals surface area contributed by atoms with Crippen molar-refractivity contribution >= 4 is 11.7 Å². The van der Waals surface area contributed by atoms with Crippen LogP contribution in [0, 0.1) is 5.92 Å². The van der Waals surface area contributed by atoms with Crippen molar-refractivity contribution in [2.24, 2.45) is 5.92 Å². The molecule has 0 aliphatic heterocycles. The van der Waals surface area contributed by atoms with Gasteiger partial charge in [0.25, 0.3) is 5.91 Å². The van der Waals surface area contributed by atoms with E-state index in [1.54, 1.807) is 13.2 Å². The number of aromatic nitrogens is 2. The lowest BCUT2D eigenvalue weighted by atomic mass is 10.0. The molecule has 18 heavy (non-hydrogen) atoms. The van der Waals surface area contributed by atoms with Crippen molar-refractivity contribution in [3.63, 3.8) is 0 Å². The Kier molecular flexibility index (Phi) is 4.50. The van der Waals surface area contributed by atoms with Gasteiger partial charge in [0.2, 0.25) is 0 Å². The number of amides is 1. The van der Waals surface area contributed by atoms with Crippen LogP contribution in [0.3, 0.4) is 0 Å². The maximum absolute atomic E-state index is 11.8. The van der Waals surface area contributed by atoms with Gasteiger partial charge in [0.1, 0.15) is 11.5 Å². The highest BCUT2D eigenvalue weighted by Gasteiger charge is 2.15. The molecule has 0 spiro atoms. The van der Waals surface area contributed by atoms with Crippen LogP contribution in [0.5, 0.6) is 0 Å². The van der Waals surface area contributed by atoms with Gasteiger partial charge in [-0.1, -0.05) is 25.7 Å². The highest BCUT2D eigenvalue weighted by Crippen LogP contribution is 2.26. The SMILES string of the molecule is CNc1cnc(C(=O)NCCC2CCCC2)cn1. The summed E-state index contributed by atoms with van der Waals surface area (Å²) in [5.74, 6) is 1.32. The molecule has 5 nitrogen and oxygen atoms in total. The standard InChI is InChI=1S/C13H20N4O/c1-14-12-9-16-11(8-17-12)13(18)15-7-6-10-4-2-3-5-10/h8-10H,2-7H2,1H3,(H,14,17)(H,15,18). The number of nitrogens with zero attached hydrogens (tertiary/aromatic N) is 2. The second kappa shape index (κ2) is 6.33. The van der Waals surface area contributed by atoms with E-state index in [4.69, 9.17) is 0 Å². The third-order valence-electron chi connectivity index (χ3n) is 3.45. The molecule has 1 amide bonds. The van der Waals surface area contributed by atoms with E-state index in [9.17, 15) is 4.79 Å². The van der Waals surface area contributed by atoms with Gasteiger partial charge in [-0.15, -0.1) is 0 Å². The lowest BCUT2D eigenvalue weighted by Gasteiger charge is -2.09. The molecule has 1 aliphatic rings. The molecule has 2 rings (SSSR count). The third-order valence-corrected chi connectivity index (χ3v) is 3.45. The molecule has 2 N–H and O–H groups in total. The van der Waals surface area contributed by atoms with Gasteiger partial charge in [-0.25, -0.2) is 9.97 Å². The Labute approximate surface area is 107 Å². The number of anilines is 1. The monoisotopic (exact) mass is 248 g/mol. The van der Waals surface area contributed by atoms with Crippen LogP contribution in [0.25, 0.3) is 0 Å². The first kappa shape index (κ1) is 12.8. The maximum Gasteiger partial charge on any atom is 0.271 e. The maximum atomic E-state index is 11.8. The summed E-state index contributed by atoms with van der Waals surface area (Å²) in [6.45, 7) is 0.735. The van der Waals surface area contributed by atoms with E-state index >= 15 is 0 Å². The topological polar surface area (TPSA) is 66.9 Å². The van der Waals surface area contributed by atoms with Gasteiger partial charge >= 0.3 is 0 Å².